The third kappa shape index (κ3) is 6.48. The third-order valence-electron chi connectivity index (χ3n) is 6.04. The highest BCUT2D eigenvalue weighted by molar-refractivity contribution is 7.92. The van der Waals surface area contributed by atoms with Crippen molar-refractivity contribution in [1.29, 1.82) is 0 Å². The number of nitrogens with zero attached hydrogens (tertiary/aromatic N) is 2. The van der Waals surface area contributed by atoms with Crippen LogP contribution in [0.1, 0.15) is 16.7 Å². The molecule has 1 aliphatic rings. The van der Waals surface area contributed by atoms with E-state index in [2.05, 4.69) is 10.2 Å². The Morgan fingerprint density at radius 2 is 1.61 bits per heavy atom. The summed E-state index contributed by atoms with van der Waals surface area (Å²) in [4.78, 5) is 15.1. The number of morpholine rings is 1. The maximum atomic E-state index is 14.6. The maximum absolute atomic E-state index is 14.6. The first-order valence-corrected chi connectivity index (χ1v) is 13.3. The summed E-state index contributed by atoms with van der Waals surface area (Å²) in [7, 11) is -4.17. The highest BCUT2D eigenvalue weighted by Gasteiger charge is 2.29. The number of carbonyl (C=O) groups is 1. The Labute approximate surface area is 211 Å². The lowest BCUT2D eigenvalue weighted by Gasteiger charge is -2.26. The number of anilines is 1. The molecule has 0 radical (unpaired) electrons. The van der Waals surface area contributed by atoms with Crippen LogP contribution in [0.25, 0.3) is 0 Å². The second kappa shape index (κ2) is 11.6. The molecule has 0 bridgehead atoms. The molecule has 0 aliphatic carbocycles. The predicted octanol–water partition coefficient (Wildman–Crippen LogP) is 3.48. The molecule has 1 amide bonds. The Morgan fingerprint density at radius 1 is 0.972 bits per heavy atom. The molecular weight excluding hydrogens is 481 g/mol. The van der Waals surface area contributed by atoms with E-state index in [1.807, 2.05) is 31.2 Å². The van der Waals surface area contributed by atoms with Gasteiger partial charge in [-0.25, -0.2) is 12.8 Å². The average molecular weight is 512 g/mol. The molecule has 3 aromatic carbocycles. The molecule has 1 heterocycles. The summed E-state index contributed by atoms with van der Waals surface area (Å²) >= 11 is 0. The van der Waals surface area contributed by atoms with Crippen molar-refractivity contribution < 1.29 is 22.3 Å². The van der Waals surface area contributed by atoms with E-state index in [1.54, 1.807) is 12.1 Å². The quantitative estimate of drug-likeness (QED) is 0.476. The number of hydrogen-bond acceptors (Lipinski definition) is 5. The lowest BCUT2D eigenvalue weighted by Crippen LogP contribution is -2.41. The Kier molecular flexibility index (Phi) is 8.35. The molecule has 0 spiro atoms. The largest absolute Gasteiger partial charge is 0.379 e. The molecule has 7 nitrogen and oxygen atoms in total. The zero-order valence-electron chi connectivity index (χ0n) is 20.2. The van der Waals surface area contributed by atoms with Gasteiger partial charge in [0.05, 0.1) is 23.8 Å². The van der Waals surface area contributed by atoms with Crippen LogP contribution in [-0.4, -0.2) is 52.1 Å². The van der Waals surface area contributed by atoms with Crippen LogP contribution in [0.15, 0.2) is 77.7 Å². The van der Waals surface area contributed by atoms with Crippen molar-refractivity contribution in [1.82, 2.24) is 10.2 Å². The van der Waals surface area contributed by atoms with Crippen LogP contribution in [0, 0.1) is 12.7 Å². The Bertz CT molecular complexity index is 1280. The van der Waals surface area contributed by atoms with E-state index < -0.39 is 28.3 Å². The smallest absolute Gasteiger partial charge is 0.264 e. The van der Waals surface area contributed by atoms with E-state index in [0.717, 1.165) is 48.3 Å². The van der Waals surface area contributed by atoms with Gasteiger partial charge in [0, 0.05) is 26.2 Å². The summed E-state index contributed by atoms with van der Waals surface area (Å²) in [6.07, 6.45) is 0. The lowest BCUT2D eigenvalue weighted by molar-refractivity contribution is -0.119. The van der Waals surface area contributed by atoms with E-state index >= 15 is 0 Å². The number of sulfonamides is 1. The molecule has 0 saturated carbocycles. The van der Waals surface area contributed by atoms with Gasteiger partial charge >= 0.3 is 0 Å². The third-order valence-corrected chi connectivity index (χ3v) is 7.81. The molecule has 1 N–H and O–H groups in total. The van der Waals surface area contributed by atoms with Crippen molar-refractivity contribution in [2.24, 2.45) is 0 Å². The molecule has 0 atom stereocenters. The molecule has 36 heavy (non-hydrogen) atoms. The van der Waals surface area contributed by atoms with Gasteiger partial charge in [0.1, 0.15) is 12.4 Å². The van der Waals surface area contributed by atoms with E-state index in [0.29, 0.717) is 0 Å². The minimum Gasteiger partial charge on any atom is -0.379 e. The predicted molar refractivity (Wildman–Crippen MR) is 136 cm³/mol. The monoisotopic (exact) mass is 511 g/mol. The average Bonchev–Trinajstić information content (AvgIpc) is 2.88. The first-order valence-electron chi connectivity index (χ1n) is 11.8. The standard InChI is InChI=1S/C27H30FN3O4S/c1-21-6-12-24(13-7-21)36(33,34)31(26-5-3-2-4-25(26)28)20-27(32)29-18-22-8-10-23(11-9-22)19-30-14-16-35-17-15-30/h2-13H,14-20H2,1H3,(H,29,32). The van der Waals surface area contributed by atoms with Gasteiger partial charge in [-0.2, -0.15) is 0 Å². The minimum absolute atomic E-state index is 0.0139. The van der Waals surface area contributed by atoms with E-state index in [1.165, 1.54) is 42.0 Å². The number of aryl methyl sites for hydroxylation is 1. The summed E-state index contributed by atoms with van der Waals surface area (Å²) in [5.41, 5.74) is 2.76. The van der Waals surface area contributed by atoms with Gasteiger partial charge in [0.25, 0.3) is 10.0 Å². The van der Waals surface area contributed by atoms with Gasteiger partial charge in [0.2, 0.25) is 5.91 Å². The maximum Gasteiger partial charge on any atom is 0.264 e. The summed E-state index contributed by atoms with van der Waals surface area (Å²) < 4.78 is 47.6. The first-order chi connectivity index (χ1) is 17.3. The van der Waals surface area contributed by atoms with Crippen molar-refractivity contribution in [3.8, 4) is 0 Å². The molecule has 3 aromatic rings. The van der Waals surface area contributed by atoms with Crippen LogP contribution < -0.4 is 9.62 Å². The lowest BCUT2D eigenvalue weighted by atomic mass is 10.1. The molecule has 1 saturated heterocycles. The summed E-state index contributed by atoms with van der Waals surface area (Å²) in [5.74, 6) is -1.26. The Hall–Kier alpha value is -3.27. The SMILES string of the molecule is Cc1ccc(S(=O)(=O)N(CC(=O)NCc2ccc(CN3CCOCC3)cc2)c2ccccc2F)cc1. The number of rotatable bonds is 9. The molecule has 1 aliphatic heterocycles. The number of para-hydroxylation sites is 1. The van der Waals surface area contributed by atoms with E-state index in [9.17, 15) is 17.6 Å². The number of benzene rings is 3. The molecule has 4 rings (SSSR count). The van der Waals surface area contributed by atoms with Crippen molar-refractivity contribution in [2.45, 2.75) is 24.9 Å². The number of ether oxygens (including phenoxy) is 1. The molecule has 0 aromatic heterocycles. The number of carbonyl (C=O) groups excluding carboxylic acids is 1. The zero-order chi connectivity index (χ0) is 25.5. The van der Waals surface area contributed by atoms with Gasteiger partial charge in [-0.05, 0) is 42.3 Å². The summed E-state index contributed by atoms with van der Waals surface area (Å²) in [6, 6.07) is 19.7. The summed E-state index contributed by atoms with van der Waals surface area (Å²) in [6.45, 7) is 5.65. The van der Waals surface area contributed by atoms with Crippen molar-refractivity contribution in [2.75, 3.05) is 37.2 Å². The molecular formula is C27H30FN3O4S. The fourth-order valence-corrected chi connectivity index (χ4v) is 5.39. The van der Waals surface area contributed by atoms with E-state index in [-0.39, 0.29) is 17.1 Å². The zero-order valence-corrected chi connectivity index (χ0v) is 21.0. The second-order valence-electron chi connectivity index (χ2n) is 8.76. The molecule has 0 unspecified atom stereocenters. The second-order valence-corrected chi connectivity index (χ2v) is 10.6. The Morgan fingerprint density at radius 3 is 2.28 bits per heavy atom. The van der Waals surface area contributed by atoms with Crippen LogP contribution in [0.4, 0.5) is 10.1 Å². The Balaban J connectivity index is 1.44. The van der Waals surface area contributed by atoms with Crippen LogP contribution in [-0.2, 0) is 32.6 Å². The van der Waals surface area contributed by atoms with Gasteiger partial charge in [-0.15, -0.1) is 0 Å². The van der Waals surface area contributed by atoms with Crippen molar-refractivity contribution in [3.63, 3.8) is 0 Å². The van der Waals surface area contributed by atoms with Gasteiger partial charge < -0.3 is 10.1 Å². The molecule has 190 valence electrons. The number of amides is 1. The van der Waals surface area contributed by atoms with Crippen LogP contribution in [0.3, 0.4) is 0 Å². The topological polar surface area (TPSA) is 79.0 Å². The summed E-state index contributed by atoms with van der Waals surface area (Å²) in [5, 5.41) is 2.76. The fraction of sp³-hybridized carbons (Fsp3) is 0.296. The van der Waals surface area contributed by atoms with Gasteiger partial charge in [0.15, 0.2) is 0 Å². The first kappa shape index (κ1) is 25.8. The number of halogens is 1. The number of hydrogen-bond donors (Lipinski definition) is 1. The molecule has 1 fully saturated rings. The van der Waals surface area contributed by atoms with Crippen LogP contribution in [0.5, 0.6) is 0 Å². The normalized spacial score (nSPS) is 14.4. The van der Waals surface area contributed by atoms with Crippen molar-refractivity contribution >= 4 is 21.6 Å². The minimum atomic E-state index is -4.17. The van der Waals surface area contributed by atoms with Crippen LogP contribution in [0.2, 0.25) is 0 Å². The van der Waals surface area contributed by atoms with Crippen molar-refractivity contribution in [3.05, 3.63) is 95.3 Å². The molecule has 9 heteroatoms. The fourth-order valence-electron chi connectivity index (χ4n) is 3.96. The van der Waals surface area contributed by atoms with Gasteiger partial charge in [-0.1, -0.05) is 54.1 Å². The number of nitrogens with one attached hydrogen (secondary N) is 1. The van der Waals surface area contributed by atoms with Gasteiger partial charge in [-0.3, -0.25) is 14.0 Å². The van der Waals surface area contributed by atoms with Crippen LogP contribution >= 0.6 is 0 Å². The van der Waals surface area contributed by atoms with E-state index in [4.69, 9.17) is 4.74 Å². The highest BCUT2D eigenvalue weighted by atomic mass is 32.2. The highest BCUT2D eigenvalue weighted by Crippen LogP contribution is 2.26.